The first kappa shape index (κ1) is 14.7. The van der Waals surface area contributed by atoms with Crippen LogP contribution in [0.1, 0.15) is 32.6 Å². The molecule has 0 amide bonds. The van der Waals surface area contributed by atoms with Gasteiger partial charge in [-0.2, -0.15) is 0 Å². The molecule has 0 radical (unpaired) electrons. The van der Waals surface area contributed by atoms with Gasteiger partial charge in [0.2, 0.25) is 0 Å². The minimum Gasteiger partial charge on any atom is -0.481 e. The molecule has 2 bridgehead atoms. The van der Waals surface area contributed by atoms with Crippen molar-refractivity contribution in [1.82, 2.24) is 0 Å². The summed E-state index contributed by atoms with van der Waals surface area (Å²) in [7, 11) is 0. The van der Waals surface area contributed by atoms with E-state index in [1.54, 1.807) is 6.92 Å². The molecule has 4 atom stereocenters. The van der Waals surface area contributed by atoms with E-state index in [9.17, 15) is 9.59 Å². The predicted octanol–water partition coefficient (Wildman–Crippen LogP) is 1.52. The van der Waals surface area contributed by atoms with Crippen LogP contribution in [0, 0.1) is 17.8 Å². The van der Waals surface area contributed by atoms with E-state index in [0.29, 0.717) is 18.3 Å². The standard InChI is InChI=1S/C8H10O2.C5H10O3/c9-8(10)7-4-5-1-2-6(7)3-5;1-4(6)2-3-5(7)8/h1-2,5-7H,3-4H2,(H,9,10);4,6H,2-3H2,1H3,(H,7,8). The lowest BCUT2D eigenvalue weighted by molar-refractivity contribution is -0.142. The average Bonchev–Trinajstić information content (AvgIpc) is 2.88. The number of allylic oxidation sites excluding steroid dienone is 2. The van der Waals surface area contributed by atoms with E-state index >= 15 is 0 Å². The van der Waals surface area contributed by atoms with Crippen LogP contribution < -0.4 is 0 Å². The van der Waals surface area contributed by atoms with Crippen LogP contribution >= 0.6 is 0 Å². The highest BCUT2D eigenvalue weighted by atomic mass is 16.4. The summed E-state index contributed by atoms with van der Waals surface area (Å²) in [5.41, 5.74) is 0. The van der Waals surface area contributed by atoms with Crippen molar-refractivity contribution in [1.29, 1.82) is 0 Å². The Morgan fingerprint density at radius 2 is 1.94 bits per heavy atom. The van der Waals surface area contributed by atoms with E-state index < -0.39 is 18.0 Å². The molecule has 0 aliphatic heterocycles. The van der Waals surface area contributed by atoms with Gasteiger partial charge in [0.05, 0.1) is 12.0 Å². The molecule has 4 unspecified atom stereocenters. The van der Waals surface area contributed by atoms with Crippen molar-refractivity contribution in [2.75, 3.05) is 0 Å². The number of fused-ring (bicyclic) bond motifs is 2. The summed E-state index contributed by atoms with van der Waals surface area (Å²) in [5, 5.41) is 25.3. The van der Waals surface area contributed by atoms with Crippen LogP contribution in [0.5, 0.6) is 0 Å². The fourth-order valence-electron chi connectivity index (χ4n) is 2.40. The molecule has 0 aromatic carbocycles. The van der Waals surface area contributed by atoms with Crippen LogP contribution in [0.15, 0.2) is 12.2 Å². The van der Waals surface area contributed by atoms with Gasteiger partial charge in [0.1, 0.15) is 0 Å². The molecule has 0 heterocycles. The summed E-state index contributed by atoms with van der Waals surface area (Å²) >= 11 is 0. The summed E-state index contributed by atoms with van der Waals surface area (Å²) < 4.78 is 0. The van der Waals surface area contributed by atoms with Gasteiger partial charge < -0.3 is 15.3 Å². The van der Waals surface area contributed by atoms with Gasteiger partial charge in [-0.1, -0.05) is 12.2 Å². The van der Waals surface area contributed by atoms with Crippen molar-refractivity contribution >= 4 is 11.9 Å². The zero-order valence-electron chi connectivity index (χ0n) is 10.5. The van der Waals surface area contributed by atoms with Crippen molar-refractivity contribution < 1.29 is 24.9 Å². The smallest absolute Gasteiger partial charge is 0.307 e. The molecule has 5 nitrogen and oxygen atoms in total. The fraction of sp³-hybridized carbons (Fsp3) is 0.692. The van der Waals surface area contributed by atoms with E-state index in [-0.39, 0.29) is 12.3 Å². The third-order valence-electron chi connectivity index (χ3n) is 3.37. The Labute approximate surface area is 106 Å². The second-order valence-electron chi connectivity index (χ2n) is 5.01. The summed E-state index contributed by atoms with van der Waals surface area (Å²) in [6.07, 6.45) is 6.07. The number of hydrogen-bond acceptors (Lipinski definition) is 3. The molecule has 1 fully saturated rings. The van der Waals surface area contributed by atoms with Crippen LogP contribution in [-0.4, -0.2) is 33.4 Å². The van der Waals surface area contributed by atoms with Gasteiger partial charge in [-0.15, -0.1) is 0 Å². The molecule has 0 spiro atoms. The minimum absolute atomic E-state index is 0.0532. The highest BCUT2D eigenvalue weighted by Gasteiger charge is 2.39. The first-order chi connectivity index (χ1) is 8.40. The number of carbonyl (C=O) groups is 2. The molecule has 5 heteroatoms. The van der Waals surface area contributed by atoms with Crippen LogP contribution in [0.2, 0.25) is 0 Å². The highest BCUT2D eigenvalue weighted by Crippen LogP contribution is 2.43. The van der Waals surface area contributed by atoms with Crippen molar-refractivity contribution in [3.8, 4) is 0 Å². The lowest BCUT2D eigenvalue weighted by Crippen LogP contribution is -2.17. The molecule has 2 aliphatic rings. The number of carboxylic acid groups (broad SMARTS) is 2. The number of aliphatic hydroxyl groups excluding tert-OH is 1. The van der Waals surface area contributed by atoms with E-state index in [1.165, 1.54) is 0 Å². The number of carboxylic acids is 2. The van der Waals surface area contributed by atoms with Gasteiger partial charge in [0.25, 0.3) is 0 Å². The van der Waals surface area contributed by atoms with Crippen LogP contribution in [-0.2, 0) is 9.59 Å². The lowest BCUT2D eigenvalue weighted by atomic mass is 9.94. The van der Waals surface area contributed by atoms with E-state index in [0.717, 1.165) is 12.8 Å². The number of rotatable bonds is 4. The van der Waals surface area contributed by atoms with Crippen molar-refractivity contribution in [2.45, 2.75) is 38.7 Å². The average molecular weight is 256 g/mol. The Morgan fingerprint density at radius 1 is 1.28 bits per heavy atom. The Bertz CT molecular complexity index is 334. The molecule has 0 aromatic heterocycles. The second kappa shape index (κ2) is 6.54. The highest BCUT2D eigenvalue weighted by molar-refractivity contribution is 5.71. The molecule has 2 rings (SSSR count). The van der Waals surface area contributed by atoms with Gasteiger partial charge >= 0.3 is 11.9 Å². The molecular formula is C13H20O5. The fourth-order valence-corrected chi connectivity index (χ4v) is 2.40. The molecule has 2 aliphatic carbocycles. The van der Waals surface area contributed by atoms with Gasteiger partial charge in [0.15, 0.2) is 0 Å². The lowest BCUT2D eigenvalue weighted by Gasteiger charge is -2.11. The monoisotopic (exact) mass is 256 g/mol. The van der Waals surface area contributed by atoms with Crippen molar-refractivity contribution in [3.05, 3.63) is 12.2 Å². The maximum atomic E-state index is 10.6. The topological polar surface area (TPSA) is 94.8 Å². The molecule has 3 N–H and O–H groups in total. The Kier molecular flexibility index (Phi) is 5.34. The second-order valence-corrected chi connectivity index (χ2v) is 5.01. The van der Waals surface area contributed by atoms with Gasteiger partial charge in [0, 0.05) is 6.42 Å². The Balaban J connectivity index is 0.000000187. The molecule has 1 saturated carbocycles. The zero-order valence-corrected chi connectivity index (χ0v) is 10.5. The predicted molar refractivity (Wildman–Crippen MR) is 65.0 cm³/mol. The third kappa shape index (κ3) is 4.49. The van der Waals surface area contributed by atoms with Gasteiger partial charge in [-0.25, -0.2) is 0 Å². The first-order valence-corrected chi connectivity index (χ1v) is 6.21. The van der Waals surface area contributed by atoms with Gasteiger partial charge in [-0.3, -0.25) is 9.59 Å². The van der Waals surface area contributed by atoms with Crippen LogP contribution in [0.3, 0.4) is 0 Å². The van der Waals surface area contributed by atoms with Crippen LogP contribution in [0.25, 0.3) is 0 Å². The van der Waals surface area contributed by atoms with E-state index in [1.807, 2.05) is 0 Å². The zero-order chi connectivity index (χ0) is 13.7. The number of aliphatic hydroxyl groups is 1. The number of aliphatic carboxylic acids is 2. The van der Waals surface area contributed by atoms with E-state index in [2.05, 4.69) is 12.2 Å². The summed E-state index contributed by atoms with van der Waals surface area (Å²) in [6.45, 7) is 1.57. The van der Waals surface area contributed by atoms with Gasteiger partial charge in [-0.05, 0) is 38.0 Å². The quantitative estimate of drug-likeness (QED) is 0.663. The maximum Gasteiger partial charge on any atom is 0.307 e. The first-order valence-electron chi connectivity index (χ1n) is 6.21. The molecular weight excluding hydrogens is 236 g/mol. The SMILES string of the molecule is CC(O)CCC(=O)O.O=C(O)C1CC2C=CC1C2. The molecule has 102 valence electrons. The number of hydrogen-bond donors (Lipinski definition) is 3. The molecule has 18 heavy (non-hydrogen) atoms. The Hall–Kier alpha value is -1.36. The molecule has 0 saturated heterocycles. The Morgan fingerprint density at radius 3 is 2.17 bits per heavy atom. The van der Waals surface area contributed by atoms with Crippen molar-refractivity contribution in [3.63, 3.8) is 0 Å². The third-order valence-corrected chi connectivity index (χ3v) is 3.37. The maximum absolute atomic E-state index is 10.6. The van der Waals surface area contributed by atoms with Crippen LogP contribution in [0.4, 0.5) is 0 Å². The minimum atomic E-state index is -0.856. The molecule has 0 aromatic rings. The summed E-state index contributed by atoms with van der Waals surface area (Å²) in [4.78, 5) is 20.4. The summed E-state index contributed by atoms with van der Waals surface area (Å²) in [5.74, 6) is -0.619. The van der Waals surface area contributed by atoms with Crippen molar-refractivity contribution in [2.24, 2.45) is 17.8 Å². The normalized spacial score (nSPS) is 29.6. The van der Waals surface area contributed by atoms with E-state index in [4.69, 9.17) is 15.3 Å². The largest absolute Gasteiger partial charge is 0.481 e. The summed E-state index contributed by atoms with van der Waals surface area (Å²) in [6, 6.07) is 0.